The lowest BCUT2D eigenvalue weighted by Crippen LogP contribution is -2.45. The standard InChI is InChI=1S/C22H25N7OS/c1-15-20(29-10-8-28(3)9-11-29)25-16(2)22(26-15)31-18-12-17(13-23-14-18)27-21(30)19-6-4-5-7-24-19/h4-7,12-14H,8-11H2,1-3H3,(H,27,30). The van der Waals surface area contributed by atoms with Crippen LogP contribution < -0.4 is 10.2 Å². The van der Waals surface area contributed by atoms with Crippen LogP contribution >= 0.6 is 11.8 Å². The van der Waals surface area contributed by atoms with Crippen LogP contribution in [0.15, 0.2) is 52.8 Å². The predicted molar refractivity (Wildman–Crippen MR) is 122 cm³/mol. The van der Waals surface area contributed by atoms with Crippen LogP contribution in [0.25, 0.3) is 0 Å². The summed E-state index contributed by atoms with van der Waals surface area (Å²) in [6.45, 7) is 7.96. The molecular formula is C22H25N7OS. The van der Waals surface area contributed by atoms with Gasteiger partial charge in [-0.05, 0) is 39.1 Å². The summed E-state index contributed by atoms with van der Waals surface area (Å²) in [5, 5.41) is 3.68. The van der Waals surface area contributed by atoms with E-state index in [1.165, 1.54) is 11.8 Å². The second kappa shape index (κ2) is 9.40. The highest BCUT2D eigenvalue weighted by atomic mass is 32.2. The quantitative estimate of drug-likeness (QED) is 0.654. The van der Waals surface area contributed by atoms with Gasteiger partial charge in [0.25, 0.3) is 5.91 Å². The summed E-state index contributed by atoms with van der Waals surface area (Å²) in [6, 6.07) is 7.10. The van der Waals surface area contributed by atoms with Gasteiger partial charge in [-0.3, -0.25) is 14.8 Å². The van der Waals surface area contributed by atoms with Crippen molar-refractivity contribution in [2.24, 2.45) is 0 Å². The number of piperazine rings is 1. The lowest BCUT2D eigenvalue weighted by atomic mass is 10.3. The number of anilines is 2. The van der Waals surface area contributed by atoms with E-state index in [0.29, 0.717) is 11.4 Å². The Hall–Kier alpha value is -3.04. The van der Waals surface area contributed by atoms with E-state index in [2.05, 4.69) is 32.1 Å². The van der Waals surface area contributed by atoms with Gasteiger partial charge < -0.3 is 15.1 Å². The van der Waals surface area contributed by atoms with Gasteiger partial charge in [-0.2, -0.15) is 0 Å². The van der Waals surface area contributed by atoms with Crippen molar-refractivity contribution in [3.8, 4) is 0 Å². The Labute approximate surface area is 186 Å². The van der Waals surface area contributed by atoms with Gasteiger partial charge >= 0.3 is 0 Å². The van der Waals surface area contributed by atoms with Crippen LogP contribution in [-0.2, 0) is 0 Å². The van der Waals surface area contributed by atoms with E-state index < -0.39 is 0 Å². The summed E-state index contributed by atoms with van der Waals surface area (Å²) < 4.78 is 0. The second-order valence-electron chi connectivity index (χ2n) is 7.49. The van der Waals surface area contributed by atoms with Crippen molar-refractivity contribution in [3.05, 3.63) is 59.9 Å². The second-order valence-corrected chi connectivity index (χ2v) is 8.56. The van der Waals surface area contributed by atoms with Crippen LogP contribution in [0, 0.1) is 13.8 Å². The molecule has 4 heterocycles. The molecule has 0 radical (unpaired) electrons. The van der Waals surface area contributed by atoms with Crippen molar-refractivity contribution in [1.29, 1.82) is 0 Å². The molecule has 1 saturated heterocycles. The third kappa shape index (κ3) is 5.18. The molecule has 0 spiro atoms. The molecule has 1 N–H and O–H groups in total. The van der Waals surface area contributed by atoms with E-state index in [9.17, 15) is 4.79 Å². The average molecular weight is 436 g/mol. The van der Waals surface area contributed by atoms with Gasteiger partial charge in [0.2, 0.25) is 0 Å². The number of hydrogen-bond donors (Lipinski definition) is 1. The summed E-state index contributed by atoms with van der Waals surface area (Å²) in [4.78, 5) is 35.9. The molecule has 3 aromatic rings. The Morgan fingerprint density at radius 2 is 1.87 bits per heavy atom. The number of nitrogens with one attached hydrogen (secondary N) is 1. The van der Waals surface area contributed by atoms with Crippen LogP contribution in [0.1, 0.15) is 21.9 Å². The molecule has 1 aliphatic heterocycles. The number of carbonyl (C=O) groups excluding carboxylic acids is 1. The zero-order valence-corrected chi connectivity index (χ0v) is 18.7. The first-order chi connectivity index (χ1) is 15.0. The number of amides is 1. The minimum atomic E-state index is -0.270. The Kier molecular flexibility index (Phi) is 6.43. The first kappa shape index (κ1) is 21.2. The molecule has 160 valence electrons. The fourth-order valence-corrected chi connectivity index (χ4v) is 4.23. The van der Waals surface area contributed by atoms with E-state index in [1.807, 2.05) is 19.9 Å². The van der Waals surface area contributed by atoms with Crippen LogP contribution in [-0.4, -0.2) is 64.0 Å². The molecule has 0 bridgehead atoms. The molecule has 1 fully saturated rings. The summed E-state index contributed by atoms with van der Waals surface area (Å²) in [7, 11) is 2.14. The SMILES string of the molecule is Cc1nc(N2CCN(C)CC2)c(C)nc1Sc1cncc(NC(=O)c2ccccn2)c1. The average Bonchev–Trinajstić information content (AvgIpc) is 2.77. The lowest BCUT2D eigenvalue weighted by molar-refractivity contribution is 0.102. The number of rotatable bonds is 5. The third-order valence-corrected chi connectivity index (χ3v) is 6.10. The van der Waals surface area contributed by atoms with Gasteiger partial charge in [-0.25, -0.2) is 9.97 Å². The first-order valence-corrected chi connectivity index (χ1v) is 11.0. The van der Waals surface area contributed by atoms with Gasteiger partial charge in [0.1, 0.15) is 10.7 Å². The summed E-state index contributed by atoms with van der Waals surface area (Å²) in [6.07, 6.45) is 4.96. The number of carbonyl (C=O) groups is 1. The number of aryl methyl sites for hydroxylation is 2. The highest BCUT2D eigenvalue weighted by molar-refractivity contribution is 7.99. The van der Waals surface area contributed by atoms with Crippen molar-refractivity contribution < 1.29 is 4.79 Å². The summed E-state index contributed by atoms with van der Waals surface area (Å²) >= 11 is 1.49. The van der Waals surface area contributed by atoms with E-state index in [1.54, 1.807) is 36.8 Å². The van der Waals surface area contributed by atoms with Crippen molar-refractivity contribution in [1.82, 2.24) is 24.8 Å². The molecule has 0 unspecified atom stereocenters. The summed E-state index contributed by atoms with van der Waals surface area (Å²) in [5.74, 6) is 0.692. The molecule has 1 aliphatic rings. The molecular weight excluding hydrogens is 410 g/mol. The minimum Gasteiger partial charge on any atom is -0.353 e. The number of aromatic nitrogens is 4. The van der Waals surface area contributed by atoms with Crippen molar-refractivity contribution >= 4 is 29.2 Å². The Morgan fingerprint density at radius 1 is 1.06 bits per heavy atom. The predicted octanol–water partition coefficient (Wildman–Crippen LogP) is 3.04. The zero-order valence-electron chi connectivity index (χ0n) is 17.9. The topological polar surface area (TPSA) is 87.1 Å². The van der Waals surface area contributed by atoms with Gasteiger partial charge in [0.15, 0.2) is 5.82 Å². The van der Waals surface area contributed by atoms with E-state index in [0.717, 1.165) is 53.3 Å². The number of nitrogens with zero attached hydrogens (tertiary/aromatic N) is 6. The molecule has 0 atom stereocenters. The molecule has 1 amide bonds. The molecule has 0 aromatic carbocycles. The Bertz CT molecular complexity index is 1070. The smallest absolute Gasteiger partial charge is 0.274 e. The van der Waals surface area contributed by atoms with E-state index in [4.69, 9.17) is 9.97 Å². The van der Waals surface area contributed by atoms with Gasteiger partial charge in [-0.15, -0.1) is 0 Å². The van der Waals surface area contributed by atoms with Crippen LogP contribution in [0.4, 0.5) is 11.5 Å². The van der Waals surface area contributed by atoms with Crippen LogP contribution in [0.5, 0.6) is 0 Å². The lowest BCUT2D eigenvalue weighted by Gasteiger charge is -2.34. The molecule has 9 heteroatoms. The highest BCUT2D eigenvalue weighted by Crippen LogP contribution is 2.31. The van der Waals surface area contributed by atoms with E-state index in [-0.39, 0.29) is 5.91 Å². The molecule has 3 aromatic heterocycles. The molecule has 8 nitrogen and oxygen atoms in total. The first-order valence-electron chi connectivity index (χ1n) is 10.1. The van der Waals surface area contributed by atoms with Gasteiger partial charge in [0, 0.05) is 43.5 Å². The number of hydrogen-bond acceptors (Lipinski definition) is 8. The fraction of sp³-hybridized carbons (Fsp3) is 0.318. The van der Waals surface area contributed by atoms with Crippen LogP contribution in [0.3, 0.4) is 0 Å². The maximum absolute atomic E-state index is 12.4. The molecule has 0 saturated carbocycles. The largest absolute Gasteiger partial charge is 0.353 e. The third-order valence-electron chi connectivity index (χ3n) is 5.06. The maximum atomic E-state index is 12.4. The summed E-state index contributed by atoms with van der Waals surface area (Å²) in [5.41, 5.74) is 2.77. The highest BCUT2D eigenvalue weighted by Gasteiger charge is 2.19. The molecule has 4 rings (SSSR count). The van der Waals surface area contributed by atoms with Crippen molar-refractivity contribution in [3.63, 3.8) is 0 Å². The van der Waals surface area contributed by atoms with Gasteiger partial charge in [0.05, 0.1) is 23.3 Å². The van der Waals surface area contributed by atoms with Crippen LogP contribution in [0.2, 0.25) is 0 Å². The van der Waals surface area contributed by atoms with Gasteiger partial charge in [-0.1, -0.05) is 17.8 Å². The Morgan fingerprint density at radius 3 is 2.61 bits per heavy atom. The van der Waals surface area contributed by atoms with E-state index >= 15 is 0 Å². The minimum absolute atomic E-state index is 0.270. The maximum Gasteiger partial charge on any atom is 0.274 e. The van der Waals surface area contributed by atoms with Crippen molar-refractivity contribution in [2.45, 2.75) is 23.8 Å². The number of likely N-dealkylation sites (N-methyl/N-ethyl adjacent to an activating group) is 1. The normalized spacial score (nSPS) is 14.5. The molecule has 31 heavy (non-hydrogen) atoms. The Balaban J connectivity index is 1.48. The molecule has 0 aliphatic carbocycles. The monoisotopic (exact) mass is 435 g/mol. The fourth-order valence-electron chi connectivity index (χ4n) is 3.33. The zero-order chi connectivity index (χ0) is 21.8. The number of pyridine rings is 2. The van der Waals surface area contributed by atoms with Crippen molar-refractivity contribution in [2.75, 3.05) is 43.4 Å².